The molecule has 5 heteroatoms. The topological polar surface area (TPSA) is 43.8 Å². The Balaban J connectivity index is 1.98. The minimum absolute atomic E-state index is 0.253. The fourth-order valence-corrected chi connectivity index (χ4v) is 3.09. The zero-order chi connectivity index (χ0) is 15.4. The van der Waals surface area contributed by atoms with Gasteiger partial charge in [-0.2, -0.15) is 0 Å². The van der Waals surface area contributed by atoms with Crippen LogP contribution in [0.25, 0.3) is 0 Å². The summed E-state index contributed by atoms with van der Waals surface area (Å²) < 4.78 is 13.4. The van der Waals surface area contributed by atoms with Crippen molar-refractivity contribution < 1.29 is 14.3 Å². The fourth-order valence-electron chi connectivity index (χ4n) is 3.09. The molecule has 0 aromatic heterocycles. The van der Waals surface area contributed by atoms with Gasteiger partial charge in [-0.1, -0.05) is 13.0 Å². The number of carboxylic acid groups (broad SMARTS) is 1. The van der Waals surface area contributed by atoms with Crippen LogP contribution in [0.5, 0.6) is 0 Å². The van der Waals surface area contributed by atoms with Gasteiger partial charge in [0.15, 0.2) is 0 Å². The van der Waals surface area contributed by atoms with Gasteiger partial charge in [-0.15, -0.1) is 0 Å². The number of rotatable bonds is 6. The third kappa shape index (κ3) is 4.02. The van der Waals surface area contributed by atoms with Crippen LogP contribution in [0.15, 0.2) is 18.2 Å². The SMILES string of the molecule is CCN1CCCC1CN(C)Cc1ccc(F)c(C(=O)O)c1. The van der Waals surface area contributed by atoms with E-state index in [4.69, 9.17) is 5.11 Å². The second kappa shape index (κ2) is 7.00. The highest BCUT2D eigenvalue weighted by atomic mass is 19.1. The fraction of sp³-hybridized carbons (Fsp3) is 0.562. The number of aromatic carboxylic acids is 1. The standard InChI is InChI=1S/C16H23FN2O2/c1-3-19-8-4-5-13(19)11-18(2)10-12-6-7-15(17)14(9-12)16(20)21/h6-7,9,13H,3-5,8,10-11H2,1-2H3,(H,20,21). The van der Waals surface area contributed by atoms with E-state index >= 15 is 0 Å². The van der Waals surface area contributed by atoms with Crippen LogP contribution in [0, 0.1) is 5.82 Å². The molecule has 1 aromatic rings. The van der Waals surface area contributed by atoms with Crippen molar-refractivity contribution in [2.75, 3.05) is 26.7 Å². The summed E-state index contributed by atoms with van der Waals surface area (Å²) in [4.78, 5) is 15.6. The van der Waals surface area contributed by atoms with Gasteiger partial charge < -0.3 is 10.0 Å². The lowest BCUT2D eigenvalue weighted by Gasteiger charge is -2.27. The zero-order valence-corrected chi connectivity index (χ0v) is 12.7. The molecule has 1 aliphatic rings. The van der Waals surface area contributed by atoms with Crippen LogP contribution < -0.4 is 0 Å². The third-order valence-electron chi connectivity index (χ3n) is 4.14. The molecule has 1 aliphatic heterocycles. The first-order valence-corrected chi connectivity index (χ1v) is 7.45. The Bertz CT molecular complexity index is 507. The predicted molar refractivity (Wildman–Crippen MR) is 80.0 cm³/mol. The van der Waals surface area contributed by atoms with Gasteiger partial charge in [0.2, 0.25) is 0 Å². The largest absolute Gasteiger partial charge is 0.478 e. The molecule has 1 aromatic carbocycles. The molecule has 1 heterocycles. The van der Waals surface area contributed by atoms with E-state index in [2.05, 4.69) is 16.7 Å². The molecule has 1 saturated heterocycles. The van der Waals surface area contributed by atoms with Crippen molar-refractivity contribution in [1.82, 2.24) is 9.80 Å². The highest BCUT2D eigenvalue weighted by molar-refractivity contribution is 5.88. The molecule has 1 fully saturated rings. The Morgan fingerprint density at radius 3 is 2.95 bits per heavy atom. The number of halogens is 1. The Kier molecular flexibility index (Phi) is 5.31. The third-order valence-corrected chi connectivity index (χ3v) is 4.14. The first-order valence-electron chi connectivity index (χ1n) is 7.45. The van der Waals surface area contributed by atoms with Gasteiger partial charge in [-0.3, -0.25) is 4.90 Å². The normalized spacial score (nSPS) is 19.3. The predicted octanol–water partition coefficient (Wildman–Crippen LogP) is 2.44. The van der Waals surface area contributed by atoms with Crippen LogP contribution in [0.1, 0.15) is 35.7 Å². The highest BCUT2D eigenvalue weighted by Gasteiger charge is 2.24. The van der Waals surface area contributed by atoms with Crippen molar-refractivity contribution in [3.8, 4) is 0 Å². The summed E-state index contributed by atoms with van der Waals surface area (Å²) in [6.07, 6.45) is 2.45. The Morgan fingerprint density at radius 1 is 1.52 bits per heavy atom. The number of hydrogen-bond acceptors (Lipinski definition) is 3. The molecule has 0 aliphatic carbocycles. The van der Waals surface area contributed by atoms with Gasteiger partial charge in [0.05, 0.1) is 5.56 Å². The van der Waals surface area contributed by atoms with Gasteiger partial charge in [0, 0.05) is 19.1 Å². The van der Waals surface area contributed by atoms with Gasteiger partial charge in [-0.05, 0) is 50.7 Å². The lowest BCUT2D eigenvalue weighted by molar-refractivity contribution is 0.0691. The van der Waals surface area contributed by atoms with E-state index in [-0.39, 0.29) is 5.56 Å². The van der Waals surface area contributed by atoms with Crippen LogP contribution in [0.4, 0.5) is 4.39 Å². The monoisotopic (exact) mass is 294 g/mol. The van der Waals surface area contributed by atoms with Crippen LogP contribution in [0.2, 0.25) is 0 Å². The number of carbonyl (C=O) groups is 1. The molecule has 0 saturated carbocycles. The quantitative estimate of drug-likeness (QED) is 0.875. The summed E-state index contributed by atoms with van der Waals surface area (Å²) >= 11 is 0. The van der Waals surface area contributed by atoms with E-state index in [1.165, 1.54) is 25.0 Å². The molecule has 21 heavy (non-hydrogen) atoms. The van der Waals surface area contributed by atoms with Crippen LogP contribution in [-0.4, -0.2) is 53.6 Å². The van der Waals surface area contributed by atoms with Crippen LogP contribution >= 0.6 is 0 Å². The lowest BCUT2D eigenvalue weighted by Crippen LogP contribution is -2.38. The summed E-state index contributed by atoms with van der Waals surface area (Å²) in [7, 11) is 2.02. The van der Waals surface area contributed by atoms with Gasteiger partial charge in [0.1, 0.15) is 5.82 Å². The minimum Gasteiger partial charge on any atom is -0.478 e. The molecule has 1 atom stereocenters. The number of carboxylic acids is 1. The molecular formula is C16H23FN2O2. The van der Waals surface area contributed by atoms with Crippen molar-refractivity contribution >= 4 is 5.97 Å². The lowest BCUT2D eigenvalue weighted by atomic mass is 10.1. The van der Waals surface area contributed by atoms with Crippen molar-refractivity contribution in [2.45, 2.75) is 32.4 Å². The smallest absolute Gasteiger partial charge is 0.338 e. The number of likely N-dealkylation sites (tertiary alicyclic amines) is 1. The molecule has 116 valence electrons. The first kappa shape index (κ1) is 15.9. The van der Waals surface area contributed by atoms with E-state index in [0.717, 1.165) is 25.2 Å². The maximum Gasteiger partial charge on any atom is 0.338 e. The molecule has 4 nitrogen and oxygen atoms in total. The molecule has 0 radical (unpaired) electrons. The molecule has 1 N–H and O–H groups in total. The van der Waals surface area contributed by atoms with E-state index < -0.39 is 11.8 Å². The van der Waals surface area contributed by atoms with Gasteiger partial charge >= 0.3 is 5.97 Å². The summed E-state index contributed by atoms with van der Waals surface area (Å²) in [5.74, 6) is -1.90. The average Bonchev–Trinajstić information content (AvgIpc) is 2.87. The molecular weight excluding hydrogens is 271 g/mol. The van der Waals surface area contributed by atoms with Crippen molar-refractivity contribution in [3.63, 3.8) is 0 Å². The van der Waals surface area contributed by atoms with Crippen LogP contribution in [0.3, 0.4) is 0 Å². The van der Waals surface area contributed by atoms with Crippen molar-refractivity contribution in [1.29, 1.82) is 0 Å². The summed E-state index contributed by atoms with van der Waals surface area (Å²) in [6.45, 7) is 5.99. The maximum absolute atomic E-state index is 13.4. The number of benzene rings is 1. The second-order valence-electron chi connectivity index (χ2n) is 5.74. The van der Waals surface area contributed by atoms with Gasteiger partial charge in [0.25, 0.3) is 0 Å². The van der Waals surface area contributed by atoms with Crippen molar-refractivity contribution in [2.24, 2.45) is 0 Å². The second-order valence-corrected chi connectivity index (χ2v) is 5.74. The average molecular weight is 294 g/mol. The first-order chi connectivity index (χ1) is 10.0. The molecule has 0 bridgehead atoms. The molecule has 0 spiro atoms. The van der Waals surface area contributed by atoms with E-state index in [1.807, 2.05) is 7.05 Å². The maximum atomic E-state index is 13.4. The van der Waals surface area contributed by atoms with Crippen molar-refractivity contribution in [3.05, 3.63) is 35.1 Å². The summed E-state index contributed by atoms with van der Waals surface area (Å²) in [5.41, 5.74) is 0.578. The van der Waals surface area contributed by atoms with Crippen LogP contribution in [-0.2, 0) is 6.54 Å². The zero-order valence-electron chi connectivity index (χ0n) is 12.7. The number of hydrogen-bond donors (Lipinski definition) is 1. The summed E-state index contributed by atoms with van der Waals surface area (Å²) in [5, 5.41) is 8.96. The Morgan fingerprint density at radius 2 is 2.29 bits per heavy atom. The van der Waals surface area contributed by atoms with E-state index in [9.17, 15) is 9.18 Å². The molecule has 2 rings (SSSR count). The Labute approximate surface area is 125 Å². The van der Waals surface area contributed by atoms with E-state index in [1.54, 1.807) is 6.07 Å². The number of nitrogens with zero attached hydrogens (tertiary/aromatic N) is 2. The molecule has 0 amide bonds. The highest BCUT2D eigenvalue weighted by Crippen LogP contribution is 2.18. The number of likely N-dealkylation sites (N-methyl/N-ethyl adjacent to an activating group) is 2. The van der Waals surface area contributed by atoms with Gasteiger partial charge in [-0.25, -0.2) is 9.18 Å². The minimum atomic E-state index is -1.22. The molecule has 1 unspecified atom stereocenters. The van der Waals surface area contributed by atoms with E-state index in [0.29, 0.717) is 12.6 Å². The Hall–Kier alpha value is -1.46. The summed E-state index contributed by atoms with van der Waals surface area (Å²) in [6, 6.07) is 4.89.